The summed E-state index contributed by atoms with van der Waals surface area (Å²) >= 11 is 0. The van der Waals surface area contributed by atoms with Gasteiger partial charge in [-0.05, 0) is 48.7 Å². The first-order valence-corrected chi connectivity index (χ1v) is 10.3. The van der Waals surface area contributed by atoms with E-state index in [2.05, 4.69) is 21.3 Å². The van der Waals surface area contributed by atoms with Crippen LogP contribution in [0.25, 0.3) is 11.1 Å². The summed E-state index contributed by atoms with van der Waals surface area (Å²) < 4.78 is 5.03. The number of benzene rings is 2. The highest BCUT2D eigenvalue weighted by Crippen LogP contribution is 2.23. The largest absolute Gasteiger partial charge is 0.417 e. The molecule has 0 saturated carbocycles. The van der Waals surface area contributed by atoms with E-state index in [0.717, 1.165) is 17.7 Å². The van der Waals surface area contributed by atoms with E-state index in [1.54, 1.807) is 43.3 Å². The summed E-state index contributed by atoms with van der Waals surface area (Å²) in [4.78, 5) is 29.2. The summed E-state index contributed by atoms with van der Waals surface area (Å²) in [5.41, 5.74) is 3.12. The first-order chi connectivity index (χ1) is 14.9. The Hall–Kier alpha value is -3.41. The summed E-state index contributed by atoms with van der Waals surface area (Å²) in [6, 6.07) is 14.2. The first-order valence-electron chi connectivity index (χ1n) is 10.3. The van der Waals surface area contributed by atoms with E-state index in [4.69, 9.17) is 4.42 Å². The number of nitriles is 1. The van der Waals surface area contributed by atoms with Crippen LogP contribution in [0.15, 0.2) is 51.7 Å². The highest BCUT2D eigenvalue weighted by atomic mass is 16.4. The predicted octanol–water partition coefficient (Wildman–Crippen LogP) is 2.02. The van der Waals surface area contributed by atoms with Gasteiger partial charge in [-0.2, -0.15) is 5.26 Å². The molecule has 1 saturated heterocycles. The van der Waals surface area contributed by atoms with Gasteiger partial charge in [0.1, 0.15) is 0 Å². The molecule has 3 aromatic rings. The van der Waals surface area contributed by atoms with Gasteiger partial charge in [-0.1, -0.05) is 18.2 Å². The lowest BCUT2D eigenvalue weighted by atomic mass is 9.98. The van der Waals surface area contributed by atoms with E-state index in [9.17, 15) is 20.0 Å². The third kappa shape index (κ3) is 4.68. The maximum absolute atomic E-state index is 13.1. The number of aromatic amines is 1. The number of oxazole rings is 1. The van der Waals surface area contributed by atoms with Gasteiger partial charge >= 0.3 is 5.76 Å². The van der Waals surface area contributed by atoms with Crippen molar-refractivity contribution in [1.29, 1.82) is 5.26 Å². The van der Waals surface area contributed by atoms with Crippen LogP contribution in [-0.4, -0.2) is 46.6 Å². The molecule has 8 nitrogen and oxygen atoms in total. The highest BCUT2D eigenvalue weighted by molar-refractivity contribution is 5.85. The first kappa shape index (κ1) is 20.8. The van der Waals surface area contributed by atoms with Gasteiger partial charge < -0.3 is 14.8 Å². The molecular formula is C23H24N4O4. The van der Waals surface area contributed by atoms with Crippen molar-refractivity contribution in [2.75, 3.05) is 19.6 Å². The molecule has 3 atom stereocenters. The molecule has 3 N–H and O–H groups in total. The van der Waals surface area contributed by atoms with Crippen molar-refractivity contribution in [2.24, 2.45) is 0 Å². The molecule has 1 aromatic heterocycles. The highest BCUT2D eigenvalue weighted by Gasteiger charge is 2.26. The van der Waals surface area contributed by atoms with Crippen LogP contribution < -0.4 is 11.1 Å². The molecule has 2 aromatic carbocycles. The van der Waals surface area contributed by atoms with Gasteiger partial charge in [-0.3, -0.25) is 14.7 Å². The molecule has 2 unspecified atom stereocenters. The zero-order valence-electron chi connectivity index (χ0n) is 17.2. The van der Waals surface area contributed by atoms with Crippen molar-refractivity contribution in [3.8, 4) is 6.07 Å². The van der Waals surface area contributed by atoms with Gasteiger partial charge in [0.25, 0.3) is 0 Å². The molecule has 31 heavy (non-hydrogen) atoms. The average molecular weight is 420 g/mol. The Morgan fingerprint density at radius 1 is 1.35 bits per heavy atom. The summed E-state index contributed by atoms with van der Waals surface area (Å²) in [6.07, 6.45) is 0.350. The lowest BCUT2D eigenvalue weighted by molar-refractivity contribution is -0.123. The standard InChI is InChI=1S/C23H24N4O4/c1-14(16-5-6-21-19(10-16)26-23(30)31-21)22(29)25-20(13-27-8-7-18(28)12-27)17-4-2-3-15(9-17)11-24/h2-6,9-10,14,18,20,28H,7-8,12-13H2,1H3,(H,25,29)(H,26,30)/t14?,18?,20-/m1/s1. The Balaban J connectivity index is 1.55. The number of nitrogens with zero attached hydrogens (tertiary/aromatic N) is 2. The van der Waals surface area contributed by atoms with Crippen LogP contribution in [0.3, 0.4) is 0 Å². The van der Waals surface area contributed by atoms with Gasteiger partial charge in [0.05, 0.1) is 35.2 Å². The average Bonchev–Trinajstić information content (AvgIpc) is 3.35. The van der Waals surface area contributed by atoms with Crippen LogP contribution >= 0.6 is 0 Å². The Bertz CT molecular complexity index is 1190. The minimum atomic E-state index is -0.533. The van der Waals surface area contributed by atoms with Gasteiger partial charge in [0, 0.05) is 19.6 Å². The van der Waals surface area contributed by atoms with Crippen molar-refractivity contribution in [3.05, 3.63) is 69.7 Å². The molecule has 0 radical (unpaired) electrons. The maximum atomic E-state index is 13.1. The Labute approximate surface area is 179 Å². The molecule has 1 fully saturated rings. The number of carbonyl (C=O) groups is 1. The van der Waals surface area contributed by atoms with Crippen LogP contribution in [0.4, 0.5) is 0 Å². The number of rotatable bonds is 6. The second-order valence-corrected chi connectivity index (χ2v) is 7.99. The maximum Gasteiger partial charge on any atom is 0.417 e. The SMILES string of the molecule is CC(C(=O)N[C@H](CN1CCC(O)C1)c1cccc(C#N)c1)c1ccc2oc(=O)[nH]c2c1. The Morgan fingerprint density at radius 2 is 2.19 bits per heavy atom. The Kier molecular flexibility index (Phi) is 5.89. The zero-order valence-corrected chi connectivity index (χ0v) is 17.2. The second kappa shape index (κ2) is 8.76. The molecule has 1 amide bonds. The van der Waals surface area contributed by atoms with E-state index in [0.29, 0.717) is 36.2 Å². The zero-order chi connectivity index (χ0) is 22.0. The summed E-state index contributed by atoms with van der Waals surface area (Å²) in [7, 11) is 0. The number of aliphatic hydroxyl groups excluding tert-OH is 1. The molecule has 160 valence electrons. The van der Waals surface area contributed by atoms with Crippen molar-refractivity contribution in [2.45, 2.75) is 31.4 Å². The molecule has 1 aliphatic heterocycles. The summed E-state index contributed by atoms with van der Waals surface area (Å²) in [6.45, 7) is 3.66. The molecular weight excluding hydrogens is 396 g/mol. The lowest BCUT2D eigenvalue weighted by Gasteiger charge is -2.26. The minimum Gasteiger partial charge on any atom is -0.408 e. The predicted molar refractivity (Wildman–Crippen MR) is 114 cm³/mol. The van der Waals surface area contributed by atoms with Gasteiger partial charge in [-0.15, -0.1) is 0 Å². The fraction of sp³-hybridized carbons (Fsp3) is 0.348. The molecule has 0 bridgehead atoms. The van der Waals surface area contributed by atoms with E-state index in [1.807, 2.05) is 6.07 Å². The molecule has 8 heteroatoms. The summed E-state index contributed by atoms with van der Waals surface area (Å²) in [5, 5.41) is 22.2. The van der Waals surface area contributed by atoms with Crippen LogP contribution in [0.2, 0.25) is 0 Å². The number of H-pyrrole nitrogens is 1. The third-order valence-electron chi connectivity index (χ3n) is 5.76. The van der Waals surface area contributed by atoms with Gasteiger partial charge in [-0.25, -0.2) is 4.79 Å². The molecule has 2 heterocycles. The van der Waals surface area contributed by atoms with Crippen LogP contribution in [0.1, 0.15) is 42.0 Å². The fourth-order valence-corrected chi connectivity index (χ4v) is 3.98. The number of nitrogens with one attached hydrogen (secondary N) is 2. The minimum absolute atomic E-state index is 0.169. The molecule has 0 spiro atoms. The lowest BCUT2D eigenvalue weighted by Crippen LogP contribution is -2.39. The van der Waals surface area contributed by atoms with Crippen LogP contribution in [0.5, 0.6) is 0 Å². The quantitative estimate of drug-likeness (QED) is 0.561. The molecule has 4 rings (SSSR count). The number of β-amino-alcohol motifs (C(OH)–C–C–N with tert-alkyl or cyclic N) is 1. The van der Waals surface area contributed by atoms with Crippen LogP contribution in [-0.2, 0) is 4.79 Å². The van der Waals surface area contributed by atoms with E-state index < -0.39 is 11.7 Å². The monoisotopic (exact) mass is 420 g/mol. The number of aromatic nitrogens is 1. The second-order valence-electron chi connectivity index (χ2n) is 7.99. The fourth-order valence-electron chi connectivity index (χ4n) is 3.98. The van der Waals surface area contributed by atoms with E-state index in [-0.39, 0.29) is 18.1 Å². The number of carbonyl (C=O) groups excluding carboxylic acids is 1. The molecule has 0 aliphatic carbocycles. The number of hydrogen-bond acceptors (Lipinski definition) is 6. The van der Waals surface area contributed by atoms with Gasteiger partial charge in [0.2, 0.25) is 5.91 Å². The third-order valence-corrected chi connectivity index (χ3v) is 5.76. The van der Waals surface area contributed by atoms with Crippen molar-refractivity contribution >= 4 is 17.0 Å². The number of likely N-dealkylation sites (tertiary alicyclic amines) is 1. The number of hydrogen-bond donors (Lipinski definition) is 3. The summed E-state index contributed by atoms with van der Waals surface area (Å²) in [5.74, 6) is -1.17. The number of aliphatic hydroxyl groups is 1. The van der Waals surface area contributed by atoms with E-state index >= 15 is 0 Å². The normalized spacial score (nSPS) is 18.5. The van der Waals surface area contributed by atoms with Crippen LogP contribution in [0, 0.1) is 11.3 Å². The Morgan fingerprint density at radius 3 is 2.94 bits per heavy atom. The smallest absolute Gasteiger partial charge is 0.408 e. The van der Waals surface area contributed by atoms with Crippen molar-refractivity contribution in [1.82, 2.24) is 15.2 Å². The number of amides is 1. The molecule has 1 aliphatic rings. The van der Waals surface area contributed by atoms with Gasteiger partial charge in [0.15, 0.2) is 5.58 Å². The number of fused-ring (bicyclic) bond motifs is 1. The van der Waals surface area contributed by atoms with Crippen molar-refractivity contribution in [3.63, 3.8) is 0 Å². The van der Waals surface area contributed by atoms with E-state index in [1.165, 1.54) is 0 Å². The topological polar surface area (TPSA) is 122 Å². The van der Waals surface area contributed by atoms with Crippen molar-refractivity contribution < 1.29 is 14.3 Å².